The van der Waals surface area contributed by atoms with Crippen molar-refractivity contribution >= 4 is 23.7 Å². The van der Waals surface area contributed by atoms with Gasteiger partial charge in [-0.3, -0.25) is 9.69 Å². The molecule has 222 valence electrons. The van der Waals surface area contributed by atoms with Gasteiger partial charge in [0.2, 0.25) is 0 Å². The fraction of sp³-hybridized carbons (Fsp3) is 0.417. The van der Waals surface area contributed by atoms with E-state index in [1.807, 2.05) is 37.2 Å². The normalized spacial score (nSPS) is 13.3. The van der Waals surface area contributed by atoms with E-state index >= 15 is 0 Å². The average molecular weight is 584 g/mol. The minimum Gasteiger partial charge on any atom is -0.475 e. The number of pyridine rings is 1. The zero-order valence-corrected chi connectivity index (χ0v) is 21.5. The first-order valence-electron chi connectivity index (χ1n) is 11.4. The third-order valence-corrected chi connectivity index (χ3v) is 5.23. The Hall–Kier alpha value is -3.95. The number of hydrogen-bond donors (Lipinski definition) is 3. The van der Waals surface area contributed by atoms with Gasteiger partial charge < -0.3 is 20.4 Å². The van der Waals surface area contributed by atoms with E-state index in [0.717, 1.165) is 49.3 Å². The Bertz CT molecular complexity index is 1150. The highest BCUT2D eigenvalue weighted by atomic mass is 19.4. The highest BCUT2D eigenvalue weighted by Crippen LogP contribution is 2.24. The maximum atomic E-state index is 13.1. The van der Waals surface area contributed by atoms with Gasteiger partial charge in [0.05, 0.1) is 5.56 Å². The second-order valence-electron chi connectivity index (χ2n) is 8.45. The first-order chi connectivity index (χ1) is 18.4. The molecule has 0 fully saturated rings. The number of alkyl halides is 6. The predicted molar refractivity (Wildman–Crippen MR) is 128 cm³/mol. The van der Waals surface area contributed by atoms with Crippen LogP contribution in [-0.2, 0) is 29.0 Å². The molecule has 0 spiro atoms. The van der Waals surface area contributed by atoms with Gasteiger partial charge in [-0.05, 0) is 35.7 Å². The lowest BCUT2D eigenvalue weighted by molar-refractivity contribution is -0.193. The second-order valence-corrected chi connectivity index (χ2v) is 8.45. The smallest absolute Gasteiger partial charge is 0.475 e. The molecule has 16 heteroatoms. The van der Waals surface area contributed by atoms with Gasteiger partial charge in [0.1, 0.15) is 11.6 Å². The third-order valence-electron chi connectivity index (χ3n) is 5.23. The van der Waals surface area contributed by atoms with Crippen molar-refractivity contribution in [3.63, 3.8) is 0 Å². The lowest BCUT2D eigenvalue weighted by Crippen LogP contribution is -2.25. The van der Waals surface area contributed by atoms with Gasteiger partial charge >= 0.3 is 24.3 Å². The van der Waals surface area contributed by atoms with Crippen LogP contribution >= 0.6 is 0 Å². The molecular weight excluding hydrogens is 557 g/mol. The quantitative estimate of drug-likeness (QED) is 0.467. The summed E-state index contributed by atoms with van der Waals surface area (Å²) in [5.41, 5.74) is 3.91. The molecule has 0 saturated heterocycles. The number of carbonyl (C=O) groups is 3. The van der Waals surface area contributed by atoms with Gasteiger partial charge in [-0.1, -0.05) is 12.1 Å². The Balaban J connectivity index is 0.000000473. The first kappa shape index (κ1) is 34.1. The number of nitrogens with one attached hydrogen (secondary N) is 1. The Morgan fingerprint density at radius 3 is 1.85 bits per heavy atom. The average Bonchev–Trinajstić information content (AvgIpc) is 3.05. The van der Waals surface area contributed by atoms with E-state index in [9.17, 15) is 35.5 Å². The largest absolute Gasteiger partial charge is 0.490 e. The van der Waals surface area contributed by atoms with Crippen molar-refractivity contribution in [3.8, 4) is 0 Å². The van der Waals surface area contributed by atoms with Crippen molar-refractivity contribution < 1.29 is 55.3 Å². The first-order valence-corrected chi connectivity index (χ1v) is 11.4. The molecular formula is C24H27F7N4O5. The summed E-state index contributed by atoms with van der Waals surface area (Å²) in [6, 6.07) is 8.65. The summed E-state index contributed by atoms with van der Waals surface area (Å²) >= 11 is 0. The summed E-state index contributed by atoms with van der Waals surface area (Å²) in [5.74, 6) is -5.13. The summed E-state index contributed by atoms with van der Waals surface area (Å²) in [5, 5.41) is 16.9. The Morgan fingerprint density at radius 2 is 1.43 bits per heavy atom. The Morgan fingerprint density at radius 1 is 0.950 bits per heavy atom. The van der Waals surface area contributed by atoms with Crippen molar-refractivity contribution in [1.29, 1.82) is 0 Å². The van der Waals surface area contributed by atoms with E-state index < -0.39 is 24.3 Å². The number of anilines is 1. The van der Waals surface area contributed by atoms with Crippen molar-refractivity contribution in [3.05, 3.63) is 58.5 Å². The van der Waals surface area contributed by atoms with Gasteiger partial charge in [0.25, 0.3) is 5.91 Å². The highest BCUT2D eigenvalue weighted by molar-refractivity contribution is 5.99. The number of halogens is 7. The lowest BCUT2D eigenvalue weighted by Gasteiger charge is -2.19. The molecule has 0 atom stereocenters. The number of aliphatic carboxylic acids is 2. The van der Waals surface area contributed by atoms with E-state index in [1.165, 1.54) is 12.1 Å². The van der Waals surface area contributed by atoms with E-state index in [4.69, 9.17) is 24.8 Å². The van der Waals surface area contributed by atoms with Gasteiger partial charge in [-0.2, -0.15) is 26.3 Å². The number of carbonyl (C=O) groups excluding carboxylic acids is 1. The van der Waals surface area contributed by atoms with Crippen LogP contribution in [0.2, 0.25) is 0 Å². The molecule has 40 heavy (non-hydrogen) atoms. The van der Waals surface area contributed by atoms with Crippen LogP contribution in [-0.4, -0.2) is 84.5 Å². The van der Waals surface area contributed by atoms with Gasteiger partial charge in [0, 0.05) is 52.9 Å². The maximum Gasteiger partial charge on any atom is 0.490 e. The van der Waals surface area contributed by atoms with Crippen LogP contribution in [0.5, 0.6) is 0 Å². The number of aromatic nitrogens is 1. The van der Waals surface area contributed by atoms with Gasteiger partial charge in [-0.15, -0.1) is 0 Å². The van der Waals surface area contributed by atoms with E-state index in [2.05, 4.69) is 10.2 Å². The van der Waals surface area contributed by atoms with E-state index in [-0.39, 0.29) is 11.7 Å². The van der Waals surface area contributed by atoms with Crippen LogP contribution in [0.3, 0.4) is 0 Å². The van der Waals surface area contributed by atoms with Crippen molar-refractivity contribution in [2.45, 2.75) is 31.7 Å². The van der Waals surface area contributed by atoms with Crippen LogP contribution in [0.25, 0.3) is 0 Å². The van der Waals surface area contributed by atoms with Crippen molar-refractivity contribution in [1.82, 2.24) is 15.2 Å². The molecule has 1 aliphatic heterocycles. The molecule has 9 nitrogen and oxygen atoms in total. The third kappa shape index (κ3) is 11.0. The molecule has 1 amide bonds. The van der Waals surface area contributed by atoms with Crippen molar-refractivity contribution in [2.24, 2.45) is 0 Å². The molecule has 3 N–H and O–H groups in total. The van der Waals surface area contributed by atoms with Crippen LogP contribution in [0.4, 0.5) is 36.6 Å². The number of fused-ring (bicyclic) bond motifs is 1. The van der Waals surface area contributed by atoms with Crippen LogP contribution < -0.4 is 10.2 Å². The molecule has 2 heterocycles. The fourth-order valence-electron chi connectivity index (χ4n) is 3.32. The van der Waals surface area contributed by atoms with Crippen LogP contribution in [0, 0.1) is 5.82 Å². The predicted octanol–water partition coefficient (Wildman–Crippen LogP) is 3.51. The fourth-order valence-corrected chi connectivity index (χ4v) is 3.32. The molecule has 1 aliphatic rings. The number of carboxylic acid groups (broad SMARTS) is 2. The molecule has 2 aromatic rings. The molecule has 0 aliphatic carbocycles. The Kier molecular flexibility index (Phi) is 12.3. The number of hydrogen-bond acceptors (Lipinski definition) is 6. The summed E-state index contributed by atoms with van der Waals surface area (Å²) in [6.45, 7) is 2.57. The number of rotatable bonds is 4. The van der Waals surface area contributed by atoms with E-state index in [0.29, 0.717) is 11.4 Å². The van der Waals surface area contributed by atoms with Gasteiger partial charge in [-0.25, -0.2) is 19.0 Å². The molecule has 1 aromatic heterocycles. The zero-order chi connectivity index (χ0) is 30.8. The van der Waals surface area contributed by atoms with Crippen molar-refractivity contribution in [2.75, 3.05) is 39.1 Å². The summed E-state index contributed by atoms with van der Waals surface area (Å²) < 4.78 is 76.6. The molecule has 0 saturated carbocycles. The molecule has 0 bridgehead atoms. The number of amides is 1. The SMILES string of the molecule is CNC(=O)c1cc2c(nc1N(C)C)CCN(Cc1ccc(F)cc1)CC2.O=C(O)C(F)(F)F.O=C(O)C(F)(F)F. The molecule has 0 unspecified atom stereocenters. The van der Waals surface area contributed by atoms with Crippen LogP contribution in [0.15, 0.2) is 30.3 Å². The summed E-state index contributed by atoms with van der Waals surface area (Å²) in [7, 11) is 5.44. The number of benzene rings is 1. The van der Waals surface area contributed by atoms with Crippen LogP contribution in [0.1, 0.15) is 27.2 Å². The molecule has 1 aromatic carbocycles. The highest BCUT2D eigenvalue weighted by Gasteiger charge is 2.38. The molecule has 3 rings (SSSR count). The maximum absolute atomic E-state index is 13.1. The standard InChI is InChI=1S/C20H25FN4O.2C2HF3O2/c1-22-20(26)17-12-15-8-10-25(13-14-4-6-16(21)7-5-14)11-9-18(15)23-19(17)24(2)3;2*3-2(4,5)1(6)7/h4-7,12H,8-11,13H2,1-3H3,(H,22,26);2*(H,6,7). The zero-order valence-electron chi connectivity index (χ0n) is 21.5. The monoisotopic (exact) mass is 584 g/mol. The van der Waals surface area contributed by atoms with E-state index in [1.54, 1.807) is 7.05 Å². The summed E-state index contributed by atoms with van der Waals surface area (Å²) in [4.78, 5) is 39.0. The van der Waals surface area contributed by atoms with Gasteiger partial charge in [0.15, 0.2) is 0 Å². The molecule has 0 radical (unpaired) electrons. The summed E-state index contributed by atoms with van der Waals surface area (Å²) in [6.07, 6.45) is -8.48. The second kappa shape index (κ2) is 14.4. The minimum atomic E-state index is -5.08. The number of nitrogens with zero attached hydrogens (tertiary/aromatic N) is 3. The topological polar surface area (TPSA) is 123 Å². The number of carboxylic acids is 2. The Labute approximate surface area is 224 Å². The minimum absolute atomic E-state index is 0.114. The lowest BCUT2D eigenvalue weighted by atomic mass is 10.0.